The second kappa shape index (κ2) is 5.48. The first-order valence-electron chi connectivity index (χ1n) is 5.14. The number of rotatable bonds is 3. The largest absolute Gasteiger partial charge is 0.314 e. The summed E-state index contributed by atoms with van der Waals surface area (Å²) in [6.07, 6.45) is 0. The van der Waals surface area contributed by atoms with Crippen LogP contribution in [0, 0.1) is 0 Å². The van der Waals surface area contributed by atoms with Crippen molar-refractivity contribution in [2.75, 3.05) is 13.1 Å². The molecule has 5 nitrogen and oxygen atoms in total. The molecule has 0 radical (unpaired) electrons. The van der Waals surface area contributed by atoms with Crippen molar-refractivity contribution in [1.82, 2.24) is 25.5 Å². The van der Waals surface area contributed by atoms with E-state index in [0.29, 0.717) is 5.25 Å². The lowest BCUT2D eigenvalue weighted by Gasteiger charge is -2.25. The van der Waals surface area contributed by atoms with E-state index in [1.165, 1.54) is 0 Å². The Labute approximate surface area is 109 Å². The highest BCUT2D eigenvalue weighted by Gasteiger charge is 2.21. The quantitative estimate of drug-likeness (QED) is 0.906. The van der Waals surface area contributed by atoms with E-state index in [4.69, 9.17) is 0 Å². The number of tetrazole rings is 1. The third-order valence-corrected chi connectivity index (χ3v) is 3.59. The van der Waals surface area contributed by atoms with Crippen molar-refractivity contribution in [3.8, 4) is 5.69 Å². The number of halogens is 1. The maximum absolute atomic E-state index is 4.05. The second-order valence-corrected chi connectivity index (χ2v) is 4.87. The summed E-state index contributed by atoms with van der Waals surface area (Å²) < 4.78 is 1.78. The molecule has 17 heavy (non-hydrogen) atoms. The van der Waals surface area contributed by atoms with Gasteiger partial charge < -0.3 is 5.32 Å². The summed E-state index contributed by atoms with van der Waals surface area (Å²) in [6.45, 7) is 2.07. The SMILES string of the molecule is Cl.c1ccc(-n2nnnc2SC2CNC2)cc1. The Kier molecular flexibility index (Phi) is 3.98. The van der Waals surface area contributed by atoms with Gasteiger partial charge in [0, 0.05) is 18.3 Å². The van der Waals surface area contributed by atoms with Gasteiger partial charge in [0.05, 0.1) is 5.69 Å². The average Bonchev–Trinajstić information content (AvgIpc) is 2.73. The van der Waals surface area contributed by atoms with Crippen LogP contribution in [0.4, 0.5) is 0 Å². The number of hydrogen-bond acceptors (Lipinski definition) is 5. The molecule has 1 aromatic heterocycles. The van der Waals surface area contributed by atoms with Gasteiger partial charge in [-0.25, -0.2) is 0 Å². The normalized spacial score (nSPS) is 15.1. The molecule has 0 unspecified atom stereocenters. The third-order valence-electron chi connectivity index (χ3n) is 2.46. The molecule has 7 heteroatoms. The molecule has 1 aromatic carbocycles. The summed E-state index contributed by atoms with van der Waals surface area (Å²) in [5, 5.41) is 16.5. The fourth-order valence-corrected chi connectivity index (χ4v) is 2.50. The summed E-state index contributed by atoms with van der Waals surface area (Å²) in [5.41, 5.74) is 1.00. The molecular formula is C10H12ClN5S. The molecule has 0 saturated carbocycles. The molecule has 1 saturated heterocycles. The monoisotopic (exact) mass is 269 g/mol. The number of nitrogens with one attached hydrogen (secondary N) is 1. The van der Waals surface area contributed by atoms with Gasteiger partial charge in [-0.2, -0.15) is 4.68 Å². The van der Waals surface area contributed by atoms with Crippen molar-refractivity contribution in [3.05, 3.63) is 30.3 Å². The van der Waals surface area contributed by atoms with Crippen LogP contribution in [0.1, 0.15) is 0 Å². The molecule has 0 atom stereocenters. The molecule has 0 spiro atoms. The Morgan fingerprint density at radius 3 is 2.65 bits per heavy atom. The summed E-state index contributed by atoms with van der Waals surface area (Å²) in [5.74, 6) is 0. The average molecular weight is 270 g/mol. The molecule has 90 valence electrons. The predicted octanol–water partition coefficient (Wildman–Crippen LogP) is 1.15. The summed E-state index contributed by atoms with van der Waals surface area (Å²) in [4.78, 5) is 0. The number of nitrogens with zero attached hydrogens (tertiary/aromatic N) is 4. The molecular weight excluding hydrogens is 258 g/mol. The van der Waals surface area contributed by atoms with Crippen LogP contribution < -0.4 is 5.32 Å². The number of benzene rings is 1. The van der Waals surface area contributed by atoms with Gasteiger partial charge in [0.15, 0.2) is 0 Å². The molecule has 0 aliphatic carbocycles. The molecule has 2 aromatic rings. The maximum atomic E-state index is 4.05. The van der Waals surface area contributed by atoms with Crippen LogP contribution in [-0.2, 0) is 0 Å². The first kappa shape index (κ1) is 12.3. The van der Waals surface area contributed by atoms with Crippen molar-refractivity contribution < 1.29 is 0 Å². The van der Waals surface area contributed by atoms with Crippen LogP contribution in [0.2, 0.25) is 0 Å². The number of hydrogen-bond donors (Lipinski definition) is 1. The molecule has 2 heterocycles. The maximum Gasteiger partial charge on any atom is 0.214 e. The zero-order chi connectivity index (χ0) is 10.8. The van der Waals surface area contributed by atoms with Gasteiger partial charge in [-0.3, -0.25) is 0 Å². The zero-order valence-electron chi connectivity index (χ0n) is 8.98. The predicted molar refractivity (Wildman–Crippen MR) is 68.9 cm³/mol. The van der Waals surface area contributed by atoms with E-state index in [-0.39, 0.29) is 12.4 Å². The number of thioether (sulfide) groups is 1. The molecule has 3 rings (SSSR count). The smallest absolute Gasteiger partial charge is 0.214 e. The van der Waals surface area contributed by atoms with Crippen molar-refractivity contribution in [2.24, 2.45) is 0 Å². The molecule has 0 amide bonds. The van der Waals surface area contributed by atoms with Crippen molar-refractivity contribution in [1.29, 1.82) is 0 Å². The Hall–Kier alpha value is -1.11. The third kappa shape index (κ3) is 2.59. The van der Waals surface area contributed by atoms with Crippen LogP contribution in [0.5, 0.6) is 0 Å². The molecule has 1 aliphatic heterocycles. The topological polar surface area (TPSA) is 55.6 Å². The number of para-hydroxylation sites is 1. The minimum Gasteiger partial charge on any atom is -0.314 e. The molecule has 1 N–H and O–H groups in total. The van der Waals surface area contributed by atoms with E-state index in [2.05, 4.69) is 20.8 Å². The van der Waals surface area contributed by atoms with Crippen molar-refractivity contribution >= 4 is 24.2 Å². The first-order chi connectivity index (χ1) is 7.93. The molecule has 1 aliphatic rings. The van der Waals surface area contributed by atoms with Crippen LogP contribution in [-0.4, -0.2) is 38.5 Å². The minimum atomic E-state index is 0. The summed E-state index contributed by atoms with van der Waals surface area (Å²) in [6, 6.07) is 9.95. The molecule has 1 fully saturated rings. The van der Waals surface area contributed by atoms with E-state index in [0.717, 1.165) is 23.9 Å². The van der Waals surface area contributed by atoms with Crippen LogP contribution in [0.25, 0.3) is 5.69 Å². The van der Waals surface area contributed by atoms with Gasteiger partial charge in [-0.05, 0) is 22.6 Å². The van der Waals surface area contributed by atoms with Crippen molar-refractivity contribution in [2.45, 2.75) is 10.4 Å². The van der Waals surface area contributed by atoms with E-state index < -0.39 is 0 Å². The Bertz CT molecular complexity index is 471. The first-order valence-corrected chi connectivity index (χ1v) is 6.02. The summed E-state index contributed by atoms with van der Waals surface area (Å²) in [7, 11) is 0. The van der Waals surface area contributed by atoms with E-state index in [1.54, 1.807) is 16.4 Å². The highest BCUT2D eigenvalue weighted by molar-refractivity contribution is 7.99. The van der Waals surface area contributed by atoms with Crippen LogP contribution >= 0.6 is 24.2 Å². The van der Waals surface area contributed by atoms with Gasteiger partial charge in [-0.15, -0.1) is 17.5 Å². The van der Waals surface area contributed by atoms with Crippen molar-refractivity contribution in [3.63, 3.8) is 0 Å². The highest BCUT2D eigenvalue weighted by Crippen LogP contribution is 2.24. The van der Waals surface area contributed by atoms with Gasteiger partial charge in [0.1, 0.15) is 0 Å². The fourth-order valence-electron chi connectivity index (χ4n) is 1.48. The summed E-state index contributed by atoms with van der Waals surface area (Å²) >= 11 is 1.72. The Morgan fingerprint density at radius 2 is 2.00 bits per heavy atom. The zero-order valence-corrected chi connectivity index (χ0v) is 10.6. The lowest BCUT2D eigenvalue weighted by atomic mass is 10.3. The van der Waals surface area contributed by atoms with E-state index in [9.17, 15) is 0 Å². The van der Waals surface area contributed by atoms with Crippen LogP contribution in [0.3, 0.4) is 0 Å². The minimum absolute atomic E-state index is 0. The lowest BCUT2D eigenvalue weighted by Crippen LogP contribution is -2.44. The molecule has 0 bridgehead atoms. The highest BCUT2D eigenvalue weighted by atomic mass is 35.5. The van der Waals surface area contributed by atoms with Gasteiger partial charge in [0.25, 0.3) is 0 Å². The Morgan fingerprint density at radius 1 is 1.24 bits per heavy atom. The van der Waals surface area contributed by atoms with E-state index in [1.807, 2.05) is 30.3 Å². The van der Waals surface area contributed by atoms with E-state index >= 15 is 0 Å². The Balaban J connectivity index is 0.00000108. The van der Waals surface area contributed by atoms with Gasteiger partial charge in [-0.1, -0.05) is 30.0 Å². The number of aromatic nitrogens is 4. The lowest BCUT2D eigenvalue weighted by molar-refractivity contribution is 0.541. The van der Waals surface area contributed by atoms with Gasteiger partial charge >= 0.3 is 0 Å². The standard InChI is InChI=1S/C10H11N5S.ClH/c1-2-4-8(5-3-1)15-10(12-13-14-15)16-9-6-11-7-9;/h1-5,9,11H,6-7H2;1H. The van der Waals surface area contributed by atoms with Crippen LogP contribution in [0.15, 0.2) is 35.5 Å². The van der Waals surface area contributed by atoms with Gasteiger partial charge in [0.2, 0.25) is 5.16 Å². The second-order valence-electron chi connectivity index (χ2n) is 3.61. The fraction of sp³-hybridized carbons (Fsp3) is 0.300.